The first-order chi connectivity index (χ1) is 3.39. The lowest BCUT2D eigenvalue weighted by atomic mass is 10.2. The molecule has 1 heterocycles. The van der Waals surface area contributed by atoms with Crippen LogP contribution in [0.2, 0.25) is 0 Å². The summed E-state index contributed by atoms with van der Waals surface area (Å²) < 4.78 is 0. The van der Waals surface area contributed by atoms with Crippen molar-refractivity contribution in [3.05, 3.63) is 12.3 Å². The second kappa shape index (κ2) is 1.89. The van der Waals surface area contributed by atoms with E-state index in [2.05, 4.69) is 4.99 Å². The van der Waals surface area contributed by atoms with Crippen molar-refractivity contribution in [2.75, 3.05) is 0 Å². The zero-order valence-corrected chi connectivity index (χ0v) is 3.91. The Morgan fingerprint density at radius 3 is 2.86 bits per heavy atom. The lowest BCUT2D eigenvalue weighted by molar-refractivity contribution is 0.248. The Kier molecular flexibility index (Phi) is 1.22. The number of aliphatic imine (C=N–C) groups is 1. The molecule has 0 unspecified atom stereocenters. The second-order valence-corrected chi connectivity index (χ2v) is 1.49. The Morgan fingerprint density at radius 2 is 2.57 bits per heavy atom. The van der Waals surface area contributed by atoms with Crippen molar-refractivity contribution in [2.45, 2.75) is 12.5 Å². The minimum Gasteiger partial charge on any atom is -0.387 e. The van der Waals surface area contributed by atoms with Crippen LogP contribution in [-0.2, 0) is 0 Å². The average Bonchev–Trinajstić information content (AvgIpc) is 1.69. The van der Waals surface area contributed by atoms with Crippen molar-refractivity contribution < 1.29 is 5.11 Å². The van der Waals surface area contributed by atoms with E-state index in [1.807, 2.05) is 6.08 Å². The first-order valence-electron chi connectivity index (χ1n) is 2.26. The van der Waals surface area contributed by atoms with E-state index in [1.54, 1.807) is 6.20 Å². The highest BCUT2D eigenvalue weighted by Gasteiger charge is 1.96. The molecule has 0 aliphatic carbocycles. The van der Waals surface area contributed by atoms with Crippen LogP contribution in [0.5, 0.6) is 0 Å². The van der Waals surface area contributed by atoms with Gasteiger partial charge in [-0.15, -0.1) is 0 Å². The van der Waals surface area contributed by atoms with Crippen molar-refractivity contribution in [3.63, 3.8) is 0 Å². The Labute approximate surface area is 42.2 Å². The number of nitrogens with zero attached hydrogens (tertiary/aromatic N) is 1. The minimum atomic E-state index is -0.343. The topological polar surface area (TPSA) is 32.6 Å². The molecule has 0 amide bonds. The number of aliphatic hydroxyl groups is 1. The zero-order valence-electron chi connectivity index (χ0n) is 3.91. The molecular weight excluding hydrogens is 90.1 g/mol. The van der Waals surface area contributed by atoms with Crippen LogP contribution in [0.1, 0.15) is 6.42 Å². The first kappa shape index (κ1) is 4.53. The second-order valence-electron chi connectivity index (χ2n) is 1.49. The number of hydrogen-bond acceptors (Lipinski definition) is 2. The van der Waals surface area contributed by atoms with Gasteiger partial charge in [0.25, 0.3) is 0 Å². The van der Waals surface area contributed by atoms with Crippen LogP contribution in [-0.4, -0.2) is 17.4 Å². The van der Waals surface area contributed by atoms with Gasteiger partial charge in [-0.05, 0) is 6.42 Å². The fraction of sp³-hybridized carbons (Fsp3) is 0.400. The number of rotatable bonds is 0. The molecule has 38 valence electrons. The predicted octanol–water partition coefficient (Wildman–Crippen LogP) is 0.336. The van der Waals surface area contributed by atoms with E-state index < -0.39 is 0 Å². The Morgan fingerprint density at radius 1 is 1.71 bits per heavy atom. The maximum atomic E-state index is 8.71. The van der Waals surface area contributed by atoms with Gasteiger partial charge < -0.3 is 5.11 Å². The fourth-order valence-corrected chi connectivity index (χ4v) is 0.471. The molecule has 1 atom stereocenters. The van der Waals surface area contributed by atoms with E-state index >= 15 is 0 Å². The smallest absolute Gasteiger partial charge is 0.0926 e. The lowest BCUT2D eigenvalue weighted by Gasteiger charge is -2.00. The molecule has 0 bridgehead atoms. The summed E-state index contributed by atoms with van der Waals surface area (Å²) in [5, 5.41) is 8.71. The summed E-state index contributed by atoms with van der Waals surface area (Å²) in [7, 11) is 0. The molecule has 1 rings (SSSR count). The van der Waals surface area contributed by atoms with Crippen LogP contribution in [0, 0.1) is 0 Å². The van der Waals surface area contributed by atoms with Gasteiger partial charge in [0.15, 0.2) is 0 Å². The zero-order chi connectivity index (χ0) is 5.11. The van der Waals surface area contributed by atoms with Gasteiger partial charge >= 0.3 is 0 Å². The van der Waals surface area contributed by atoms with Crippen LogP contribution >= 0.6 is 0 Å². The minimum absolute atomic E-state index is 0.343. The highest BCUT2D eigenvalue weighted by molar-refractivity contribution is 5.64. The normalized spacial score (nSPS) is 28.4. The summed E-state index contributed by atoms with van der Waals surface area (Å²) in [5.41, 5.74) is 0. The van der Waals surface area contributed by atoms with Crippen LogP contribution < -0.4 is 0 Å². The molecule has 0 spiro atoms. The third-order valence-corrected chi connectivity index (χ3v) is 0.827. The average molecular weight is 97.1 g/mol. The summed E-state index contributed by atoms with van der Waals surface area (Å²) in [6, 6.07) is 0. The molecule has 0 aromatic carbocycles. The van der Waals surface area contributed by atoms with E-state index in [9.17, 15) is 0 Å². The van der Waals surface area contributed by atoms with Gasteiger partial charge in [-0.3, -0.25) is 4.99 Å². The van der Waals surface area contributed by atoms with Crippen molar-refractivity contribution in [3.8, 4) is 0 Å². The van der Waals surface area contributed by atoms with Gasteiger partial charge in [-0.1, -0.05) is 6.08 Å². The number of hydrogen-bond donors (Lipinski definition) is 1. The Balaban J connectivity index is 2.49. The van der Waals surface area contributed by atoms with E-state index in [1.165, 1.54) is 6.21 Å². The standard InChI is InChI=1S/C5H7NO/c7-5-2-1-3-6-4-5/h1,3-5,7H,2H2/t5-/m1/s1. The molecule has 0 saturated carbocycles. The van der Waals surface area contributed by atoms with Crippen molar-refractivity contribution in [1.29, 1.82) is 0 Å². The van der Waals surface area contributed by atoms with Crippen molar-refractivity contribution in [2.24, 2.45) is 4.99 Å². The summed E-state index contributed by atoms with van der Waals surface area (Å²) >= 11 is 0. The molecule has 2 heteroatoms. The quantitative estimate of drug-likeness (QED) is 0.464. The Hall–Kier alpha value is -0.630. The predicted molar refractivity (Wildman–Crippen MR) is 28.3 cm³/mol. The highest BCUT2D eigenvalue weighted by Crippen LogP contribution is 1.95. The van der Waals surface area contributed by atoms with Gasteiger partial charge in [-0.25, -0.2) is 0 Å². The summed E-state index contributed by atoms with van der Waals surface area (Å²) in [6.07, 6.45) is 5.42. The molecule has 2 nitrogen and oxygen atoms in total. The molecule has 1 N–H and O–H groups in total. The van der Waals surface area contributed by atoms with Crippen molar-refractivity contribution >= 4 is 6.21 Å². The summed E-state index contributed by atoms with van der Waals surface area (Å²) in [5.74, 6) is 0. The molecular formula is C5H7NO. The Bertz CT molecular complexity index is 107. The van der Waals surface area contributed by atoms with Gasteiger partial charge in [0.1, 0.15) is 0 Å². The van der Waals surface area contributed by atoms with Gasteiger partial charge in [0.05, 0.1) is 6.10 Å². The van der Waals surface area contributed by atoms with Crippen molar-refractivity contribution in [1.82, 2.24) is 0 Å². The molecule has 0 aromatic heterocycles. The molecule has 7 heavy (non-hydrogen) atoms. The van der Waals surface area contributed by atoms with Gasteiger partial charge in [0.2, 0.25) is 0 Å². The highest BCUT2D eigenvalue weighted by atomic mass is 16.3. The third kappa shape index (κ3) is 1.12. The molecule has 1 aliphatic rings. The van der Waals surface area contributed by atoms with Gasteiger partial charge in [-0.2, -0.15) is 0 Å². The lowest BCUT2D eigenvalue weighted by Crippen LogP contribution is -2.07. The maximum Gasteiger partial charge on any atom is 0.0926 e. The van der Waals surface area contributed by atoms with E-state index in [0.29, 0.717) is 6.42 Å². The van der Waals surface area contributed by atoms with Crippen LogP contribution in [0.15, 0.2) is 17.3 Å². The number of aliphatic hydroxyl groups excluding tert-OH is 1. The molecule has 0 aromatic rings. The summed E-state index contributed by atoms with van der Waals surface area (Å²) in [6.45, 7) is 0. The van der Waals surface area contributed by atoms with E-state index in [4.69, 9.17) is 5.11 Å². The van der Waals surface area contributed by atoms with E-state index in [0.717, 1.165) is 0 Å². The van der Waals surface area contributed by atoms with Crippen LogP contribution in [0.4, 0.5) is 0 Å². The molecule has 0 saturated heterocycles. The monoisotopic (exact) mass is 97.1 g/mol. The summed E-state index contributed by atoms with van der Waals surface area (Å²) in [4.78, 5) is 3.70. The van der Waals surface area contributed by atoms with E-state index in [-0.39, 0.29) is 6.10 Å². The third-order valence-electron chi connectivity index (χ3n) is 0.827. The van der Waals surface area contributed by atoms with Crippen LogP contribution in [0.25, 0.3) is 0 Å². The molecule has 0 fully saturated rings. The molecule has 1 aliphatic heterocycles. The fourth-order valence-electron chi connectivity index (χ4n) is 0.471. The maximum absolute atomic E-state index is 8.71. The molecule has 0 radical (unpaired) electrons. The SMILES string of the molecule is O[C@H]1C=NC=CC1. The van der Waals surface area contributed by atoms with Crippen LogP contribution in [0.3, 0.4) is 0 Å². The largest absolute Gasteiger partial charge is 0.387 e. The van der Waals surface area contributed by atoms with Gasteiger partial charge in [0, 0.05) is 12.4 Å². The first-order valence-corrected chi connectivity index (χ1v) is 2.26.